The minimum Gasteiger partial charge on any atom is -0.379 e. The van der Waals surface area contributed by atoms with Crippen LogP contribution < -0.4 is 5.73 Å². The molecule has 0 spiro atoms. The number of amidine groups is 1. The highest BCUT2D eigenvalue weighted by Gasteiger charge is 2.46. The Labute approximate surface area is 90.2 Å². The van der Waals surface area contributed by atoms with E-state index in [4.69, 9.17) is 11.1 Å². The van der Waals surface area contributed by atoms with Crippen LogP contribution in [-0.4, -0.2) is 34.7 Å². The lowest BCUT2D eigenvalue weighted by Crippen LogP contribution is -2.33. The summed E-state index contributed by atoms with van der Waals surface area (Å²) in [5.41, 5.74) is 5.24. The van der Waals surface area contributed by atoms with Gasteiger partial charge in [0.2, 0.25) is 0 Å². The predicted molar refractivity (Wildman–Crippen MR) is 59.3 cm³/mol. The molecule has 1 saturated heterocycles. The third-order valence-corrected chi connectivity index (χ3v) is 7.16. The molecule has 0 unspecified atom stereocenters. The highest BCUT2D eigenvalue weighted by Crippen LogP contribution is 2.40. The number of rotatable bonds is 1. The van der Waals surface area contributed by atoms with E-state index in [0.29, 0.717) is 0 Å². The fraction of sp³-hybridized carbons (Fsp3) is 0.833. The summed E-state index contributed by atoms with van der Waals surface area (Å²) in [4.78, 5) is -0.126. The normalized spacial score (nSPS) is 37.5. The number of hydrogen-bond donors (Lipinski definition) is 2. The number of halogens is 1. The van der Waals surface area contributed by atoms with Crippen LogP contribution in [0.15, 0.2) is 0 Å². The zero-order valence-corrected chi connectivity index (χ0v) is 10.3. The van der Waals surface area contributed by atoms with Gasteiger partial charge in [0.1, 0.15) is 0 Å². The van der Waals surface area contributed by atoms with Gasteiger partial charge in [0.15, 0.2) is 15.0 Å². The van der Waals surface area contributed by atoms with E-state index in [0.717, 1.165) is 11.8 Å². The maximum absolute atomic E-state index is 11.3. The Hall–Kier alpha value is 0.250. The Kier molecular flexibility index (Phi) is 2.99. The topological polar surface area (TPSA) is 84.0 Å². The molecule has 0 amide bonds. The molecule has 0 aromatic heterocycles. The smallest absolute Gasteiger partial charge is 0.152 e. The van der Waals surface area contributed by atoms with Crippen molar-refractivity contribution in [3.63, 3.8) is 0 Å². The fourth-order valence-electron chi connectivity index (χ4n) is 1.33. The van der Waals surface area contributed by atoms with E-state index < -0.39 is 14.6 Å². The molecule has 0 saturated carbocycles. The summed E-state index contributed by atoms with van der Waals surface area (Å²) in [6.45, 7) is 1.81. The summed E-state index contributed by atoms with van der Waals surface area (Å²) in [6, 6.07) is 0. The third-order valence-electron chi connectivity index (χ3n) is 1.91. The molecule has 0 radical (unpaired) electrons. The lowest BCUT2D eigenvalue weighted by Gasteiger charge is -2.24. The van der Waals surface area contributed by atoms with Crippen molar-refractivity contribution in [1.82, 2.24) is 0 Å². The number of nitrogens with one attached hydrogen (secondary N) is 1. The zero-order chi connectivity index (χ0) is 10.3. The highest BCUT2D eigenvalue weighted by molar-refractivity contribution is 9.09. The fourth-order valence-corrected chi connectivity index (χ4v) is 6.79. The average molecular weight is 287 g/mol. The van der Waals surface area contributed by atoms with Crippen LogP contribution in [0.5, 0.6) is 0 Å². The van der Waals surface area contributed by atoms with Crippen LogP contribution >= 0.6 is 27.7 Å². The Morgan fingerprint density at radius 1 is 1.77 bits per heavy atom. The summed E-state index contributed by atoms with van der Waals surface area (Å²) < 4.78 is 22.1. The van der Waals surface area contributed by atoms with Crippen molar-refractivity contribution in [2.75, 3.05) is 11.5 Å². The van der Waals surface area contributed by atoms with E-state index in [2.05, 4.69) is 15.9 Å². The van der Waals surface area contributed by atoms with Crippen molar-refractivity contribution in [3.05, 3.63) is 0 Å². The second kappa shape index (κ2) is 3.43. The second-order valence-corrected chi connectivity index (χ2v) is 8.09. The van der Waals surface area contributed by atoms with E-state index >= 15 is 0 Å². The number of thioether (sulfide) groups is 1. The Bertz CT molecular complexity index is 330. The predicted octanol–water partition coefficient (Wildman–Crippen LogP) is 0.564. The van der Waals surface area contributed by atoms with Crippen molar-refractivity contribution in [1.29, 1.82) is 5.41 Å². The summed E-state index contributed by atoms with van der Waals surface area (Å²) in [5, 5.41) is 7.09. The third kappa shape index (κ3) is 2.60. The number of hydrogen-bond acceptors (Lipinski definition) is 4. The van der Waals surface area contributed by atoms with Crippen LogP contribution in [0.4, 0.5) is 0 Å². The number of sulfone groups is 1. The monoisotopic (exact) mass is 286 g/mol. The van der Waals surface area contributed by atoms with Gasteiger partial charge in [-0.25, -0.2) is 8.42 Å². The molecule has 7 heteroatoms. The molecule has 0 aliphatic carbocycles. The van der Waals surface area contributed by atoms with Crippen molar-refractivity contribution < 1.29 is 8.42 Å². The van der Waals surface area contributed by atoms with Gasteiger partial charge in [-0.15, -0.1) is 0 Å². The Morgan fingerprint density at radius 2 is 2.31 bits per heavy atom. The summed E-state index contributed by atoms with van der Waals surface area (Å²) in [5.74, 6) is 0.212. The molecule has 0 aromatic carbocycles. The van der Waals surface area contributed by atoms with Crippen LogP contribution in [0.25, 0.3) is 0 Å². The van der Waals surface area contributed by atoms with Crippen LogP contribution in [0.1, 0.15) is 6.92 Å². The SMILES string of the molecule is C[C@@]1(SC(=N)N)CS(=O)(=O)C[C@H]1Br. The molecule has 76 valence electrons. The lowest BCUT2D eigenvalue weighted by molar-refractivity contribution is 0.601. The van der Waals surface area contributed by atoms with Crippen LogP contribution in [0.2, 0.25) is 0 Å². The first-order valence-electron chi connectivity index (χ1n) is 3.63. The first-order valence-corrected chi connectivity index (χ1v) is 7.18. The Balaban J connectivity index is 2.87. The van der Waals surface area contributed by atoms with Gasteiger partial charge < -0.3 is 5.73 Å². The van der Waals surface area contributed by atoms with Crippen LogP contribution in [-0.2, 0) is 9.84 Å². The van der Waals surface area contributed by atoms with Crippen molar-refractivity contribution in [2.45, 2.75) is 16.5 Å². The quantitative estimate of drug-likeness (QED) is 0.419. The molecular formula is C6H11BrN2O2S2. The maximum Gasteiger partial charge on any atom is 0.152 e. The van der Waals surface area contributed by atoms with E-state index in [1.165, 1.54) is 0 Å². The number of alkyl halides is 1. The Morgan fingerprint density at radius 3 is 2.62 bits per heavy atom. The molecule has 1 rings (SSSR count). The summed E-state index contributed by atoms with van der Waals surface area (Å²) in [7, 11) is -2.97. The van der Waals surface area contributed by atoms with Crippen LogP contribution in [0, 0.1) is 5.41 Å². The molecule has 4 nitrogen and oxygen atoms in total. The zero-order valence-electron chi connectivity index (χ0n) is 7.08. The molecule has 1 aliphatic rings. The molecular weight excluding hydrogens is 276 g/mol. The molecule has 1 fully saturated rings. The van der Waals surface area contributed by atoms with Gasteiger partial charge in [0.25, 0.3) is 0 Å². The van der Waals surface area contributed by atoms with Gasteiger partial charge in [-0.2, -0.15) is 0 Å². The minimum absolute atomic E-state index is 0.0379. The summed E-state index contributed by atoms with van der Waals surface area (Å²) >= 11 is 4.42. The van der Waals surface area contributed by atoms with Crippen molar-refractivity contribution in [2.24, 2.45) is 5.73 Å². The van der Waals surface area contributed by atoms with Gasteiger partial charge in [-0.05, 0) is 6.92 Å². The van der Waals surface area contributed by atoms with Crippen LogP contribution in [0.3, 0.4) is 0 Å². The minimum atomic E-state index is -2.97. The highest BCUT2D eigenvalue weighted by atomic mass is 79.9. The molecule has 0 aromatic rings. The average Bonchev–Trinajstić information content (AvgIpc) is 1.98. The van der Waals surface area contributed by atoms with Gasteiger partial charge in [-0.1, -0.05) is 27.7 Å². The van der Waals surface area contributed by atoms with E-state index in [1.54, 1.807) is 0 Å². The van der Waals surface area contributed by atoms with Crippen molar-refractivity contribution in [3.8, 4) is 0 Å². The molecule has 2 atom stereocenters. The van der Waals surface area contributed by atoms with E-state index in [-0.39, 0.29) is 21.5 Å². The second-order valence-electron chi connectivity index (χ2n) is 3.30. The maximum atomic E-state index is 11.3. The first-order chi connectivity index (χ1) is 5.75. The first kappa shape index (κ1) is 11.3. The van der Waals surface area contributed by atoms with Gasteiger partial charge in [0.05, 0.1) is 11.5 Å². The van der Waals surface area contributed by atoms with Gasteiger partial charge in [0, 0.05) is 9.57 Å². The lowest BCUT2D eigenvalue weighted by atomic mass is 10.1. The standard InChI is InChI=1S/C6H11BrN2O2S2/c1-6(12-5(8)9)3-13(10,11)2-4(6)7/h4H,2-3H2,1H3,(H3,8,9)/t4-,6-/m1/s1. The van der Waals surface area contributed by atoms with Crippen molar-refractivity contribution >= 4 is 42.7 Å². The van der Waals surface area contributed by atoms with Gasteiger partial charge in [-0.3, -0.25) is 5.41 Å². The van der Waals surface area contributed by atoms with E-state index in [9.17, 15) is 8.42 Å². The van der Waals surface area contributed by atoms with Gasteiger partial charge >= 0.3 is 0 Å². The molecule has 0 bridgehead atoms. The summed E-state index contributed by atoms with van der Waals surface area (Å²) in [6.07, 6.45) is 0. The number of nitrogens with two attached hydrogens (primary N) is 1. The molecule has 3 N–H and O–H groups in total. The molecule has 1 heterocycles. The molecule has 13 heavy (non-hydrogen) atoms. The van der Waals surface area contributed by atoms with E-state index in [1.807, 2.05) is 6.92 Å². The largest absolute Gasteiger partial charge is 0.379 e. The molecule has 1 aliphatic heterocycles.